The smallest absolute Gasteiger partial charge is 0.323 e. The molecule has 1 unspecified atom stereocenters. The number of anilines is 1. The van der Waals surface area contributed by atoms with Crippen molar-refractivity contribution < 1.29 is 22.0 Å². The number of para-hydroxylation sites is 1. The molecule has 0 saturated heterocycles. The van der Waals surface area contributed by atoms with Gasteiger partial charge in [0.15, 0.2) is 0 Å². The van der Waals surface area contributed by atoms with Crippen molar-refractivity contribution >= 4 is 21.4 Å². The van der Waals surface area contributed by atoms with Crippen LogP contribution in [0.15, 0.2) is 29.2 Å². The summed E-state index contributed by atoms with van der Waals surface area (Å²) in [6, 6.07) is 5.01. The summed E-state index contributed by atoms with van der Waals surface area (Å²) in [4.78, 5) is 11.4. The van der Waals surface area contributed by atoms with E-state index in [-0.39, 0.29) is 5.69 Å². The molecule has 0 saturated carbocycles. The number of benzene rings is 1. The Hall–Kier alpha value is -1.54. The average Bonchev–Trinajstić information content (AvgIpc) is 2.38. The quantitative estimate of drug-likeness (QED) is 0.840. The minimum atomic E-state index is -4.80. The van der Waals surface area contributed by atoms with Gasteiger partial charge in [-0.3, -0.25) is 4.79 Å². The first kappa shape index (κ1) is 17.5. The lowest BCUT2D eigenvalue weighted by Gasteiger charge is -2.23. The van der Waals surface area contributed by atoms with E-state index in [1.807, 2.05) is 6.92 Å². The van der Waals surface area contributed by atoms with Crippen LogP contribution in [0.25, 0.3) is 0 Å². The molecule has 8 heteroatoms. The third-order valence-electron chi connectivity index (χ3n) is 2.96. The van der Waals surface area contributed by atoms with Gasteiger partial charge in [-0.2, -0.15) is 8.78 Å². The van der Waals surface area contributed by atoms with Gasteiger partial charge in [-0.25, -0.2) is 8.42 Å². The average molecular weight is 320 g/mol. The summed E-state index contributed by atoms with van der Waals surface area (Å²) < 4.78 is 48.4. The Bertz CT molecular complexity index is 616. The van der Waals surface area contributed by atoms with Crippen LogP contribution in [0.4, 0.5) is 14.5 Å². The zero-order chi connectivity index (χ0) is 16.3. The van der Waals surface area contributed by atoms with Crippen molar-refractivity contribution in [2.45, 2.75) is 42.9 Å². The summed E-state index contributed by atoms with van der Waals surface area (Å²) >= 11 is 0. The standard InChI is InChI=1S/C13H18F2N2O3S/c1-3-8-13(2,16)11(18)17-9-6-4-5-7-10(9)21(19,20)12(14)15/h4-7,12H,3,8,16H2,1-2H3,(H,17,18). The Morgan fingerprint density at radius 1 is 1.38 bits per heavy atom. The molecule has 118 valence electrons. The molecule has 0 heterocycles. The Morgan fingerprint density at radius 2 is 1.95 bits per heavy atom. The number of hydrogen-bond acceptors (Lipinski definition) is 4. The molecule has 0 spiro atoms. The lowest BCUT2D eigenvalue weighted by molar-refractivity contribution is -0.120. The number of sulfone groups is 1. The molecular formula is C13H18F2N2O3S. The van der Waals surface area contributed by atoms with Crippen LogP contribution in [0.2, 0.25) is 0 Å². The Kier molecular flexibility index (Phi) is 5.41. The van der Waals surface area contributed by atoms with Gasteiger partial charge in [0.05, 0.1) is 16.1 Å². The molecule has 0 aliphatic rings. The van der Waals surface area contributed by atoms with Gasteiger partial charge in [-0.05, 0) is 25.5 Å². The second kappa shape index (κ2) is 6.48. The van der Waals surface area contributed by atoms with Crippen molar-refractivity contribution in [3.05, 3.63) is 24.3 Å². The minimum absolute atomic E-state index is 0.199. The molecule has 21 heavy (non-hydrogen) atoms. The van der Waals surface area contributed by atoms with E-state index in [1.54, 1.807) is 0 Å². The van der Waals surface area contributed by atoms with Gasteiger partial charge >= 0.3 is 5.76 Å². The fraction of sp³-hybridized carbons (Fsp3) is 0.462. The zero-order valence-electron chi connectivity index (χ0n) is 11.8. The number of carbonyl (C=O) groups is 1. The van der Waals surface area contributed by atoms with Crippen LogP contribution < -0.4 is 11.1 Å². The third kappa shape index (κ3) is 3.98. The first-order valence-electron chi connectivity index (χ1n) is 6.34. The predicted molar refractivity (Wildman–Crippen MR) is 75.8 cm³/mol. The molecule has 1 aromatic carbocycles. The molecular weight excluding hydrogens is 302 g/mol. The molecule has 1 amide bonds. The molecule has 3 N–H and O–H groups in total. The van der Waals surface area contributed by atoms with Crippen molar-refractivity contribution in [3.8, 4) is 0 Å². The Labute approximate surface area is 122 Å². The molecule has 0 radical (unpaired) electrons. The summed E-state index contributed by atoms with van der Waals surface area (Å²) in [6.45, 7) is 3.34. The van der Waals surface area contributed by atoms with Gasteiger partial charge in [-0.1, -0.05) is 25.5 Å². The van der Waals surface area contributed by atoms with Crippen LogP contribution in [0, 0.1) is 0 Å². The first-order chi connectivity index (χ1) is 9.63. The number of carbonyl (C=O) groups excluding carboxylic acids is 1. The van der Waals surface area contributed by atoms with Gasteiger partial charge in [0.1, 0.15) is 0 Å². The van der Waals surface area contributed by atoms with E-state index in [9.17, 15) is 22.0 Å². The van der Waals surface area contributed by atoms with Crippen molar-refractivity contribution in [1.29, 1.82) is 0 Å². The largest absolute Gasteiger partial charge is 0.341 e. The Balaban J connectivity index is 3.15. The van der Waals surface area contributed by atoms with Crippen molar-refractivity contribution in [2.24, 2.45) is 5.73 Å². The fourth-order valence-corrected chi connectivity index (χ4v) is 2.70. The number of nitrogens with two attached hydrogens (primary N) is 1. The molecule has 0 bridgehead atoms. The number of rotatable bonds is 6. The van der Waals surface area contributed by atoms with Crippen molar-refractivity contribution in [2.75, 3.05) is 5.32 Å². The van der Waals surface area contributed by atoms with Crippen LogP contribution >= 0.6 is 0 Å². The highest BCUT2D eigenvalue weighted by atomic mass is 32.2. The number of halogens is 2. The lowest BCUT2D eigenvalue weighted by atomic mass is 9.96. The molecule has 0 fully saturated rings. The van der Waals surface area contributed by atoms with Crippen LogP contribution in [-0.2, 0) is 14.6 Å². The second-order valence-electron chi connectivity index (χ2n) is 4.92. The lowest BCUT2D eigenvalue weighted by Crippen LogP contribution is -2.48. The van der Waals surface area contributed by atoms with E-state index in [1.165, 1.54) is 25.1 Å². The SMILES string of the molecule is CCCC(C)(N)C(=O)Nc1ccccc1S(=O)(=O)C(F)F. The molecule has 0 aromatic heterocycles. The molecule has 1 atom stereocenters. The zero-order valence-corrected chi connectivity index (χ0v) is 12.6. The molecule has 1 aromatic rings. The van der Waals surface area contributed by atoms with Crippen LogP contribution in [0.5, 0.6) is 0 Å². The highest BCUT2D eigenvalue weighted by Gasteiger charge is 2.32. The maximum atomic E-state index is 12.6. The highest BCUT2D eigenvalue weighted by Crippen LogP contribution is 2.26. The topological polar surface area (TPSA) is 89.3 Å². The van der Waals surface area contributed by atoms with Crippen molar-refractivity contribution in [3.63, 3.8) is 0 Å². The van der Waals surface area contributed by atoms with E-state index in [0.29, 0.717) is 12.8 Å². The third-order valence-corrected chi connectivity index (χ3v) is 4.40. The fourth-order valence-electron chi connectivity index (χ4n) is 1.81. The second-order valence-corrected chi connectivity index (χ2v) is 6.81. The number of hydrogen-bond donors (Lipinski definition) is 2. The summed E-state index contributed by atoms with van der Waals surface area (Å²) in [7, 11) is -4.80. The van der Waals surface area contributed by atoms with Gasteiger partial charge < -0.3 is 11.1 Å². The van der Waals surface area contributed by atoms with Gasteiger partial charge in [-0.15, -0.1) is 0 Å². The summed E-state index contributed by atoms with van der Waals surface area (Å²) in [6.07, 6.45) is 1.03. The highest BCUT2D eigenvalue weighted by molar-refractivity contribution is 7.91. The summed E-state index contributed by atoms with van der Waals surface area (Å²) in [5, 5.41) is 2.32. The maximum absolute atomic E-state index is 12.6. The monoisotopic (exact) mass is 320 g/mol. The van der Waals surface area contributed by atoms with Crippen LogP contribution in [0.1, 0.15) is 26.7 Å². The predicted octanol–water partition coefficient (Wildman–Crippen LogP) is 2.14. The minimum Gasteiger partial charge on any atom is -0.323 e. The van der Waals surface area contributed by atoms with E-state index in [0.717, 1.165) is 6.07 Å². The van der Waals surface area contributed by atoms with E-state index >= 15 is 0 Å². The molecule has 0 aliphatic carbocycles. The molecule has 1 rings (SSSR count). The Morgan fingerprint density at radius 3 is 2.48 bits per heavy atom. The molecule has 5 nitrogen and oxygen atoms in total. The van der Waals surface area contributed by atoms with Gasteiger partial charge in [0.25, 0.3) is 0 Å². The summed E-state index contributed by atoms with van der Waals surface area (Å²) in [5.41, 5.74) is 4.42. The normalized spacial score (nSPS) is 14.8. The van der Waals surface area contributed by atoms with Crippen LogP contribution in [0.3, 0.4) is 0 Å². The van der Waals surface area contributed by atoms with Crippen LogP contribution in [-0.4, -0.2) is 25.6 Å². The number of alkyl halides is 2. The molecule has 0 aliphatic heterocycles. The van der Waals surface area contributed by atoms with E-state index in [4.69, 9.17) is 5.73 Å². The first-order valence-corrected chi connectivity index (χ1v) is 7.89. The van der Waals surface area contributed by atoms with Crippen molar-refractivity contribution in [1.82, 2.24) is 0 Å². The number of nitrogens with one attached hydrogen (secondary N) is 1. The van der Waals surface area contributed by atoms with E-state index < -0.39 is 31.9 Å². The van der Waals surface area contributed by atoms with E-state index in [2.05, 4.69) is 5.32 Å². The van der Waals surface area contributed by atoms with Gasteiger partial charge in [0.2, 0.25) is 15.7 Å². The van der Waals surface area contributed by atoms with Gasteiger partial charge in [0, 0.05) is 0 Å². The maximum Gasteiger partial charge on any atom is 0.341 e. The summed E-state index contributed by atoms with van der Waals surface area (Å²) in [5.74, 6) is -4.18. The number of amides is 1.